The lowest BCUT2D eigenvalue weighted by molar-refractivity contribution is -0.130. The van der Waals surface area contributed by atoms with Crippen molar-refractivity contribution in [3.05, 3.63) is 54.0 Å². The zero-order valence-electron chi connectivity index (χ0n) is 16.2. The van der Waals surface area contributed by atoms with Gasteiger partial charge in [0.1, 0.15) is 0 Å². The molecule has 1 aliphatic rings. The molecule has 144 valence electrons. The van der Waals surface area contributed by atoms with Crippen molar-refractivity contribution in [2.24, 2.45) is 0 Å². The highest BCUT2D eigenvalue weighted by Gasteiger charge is 2.25. The number of amides is 2. The Hall–Kier alpha value is -2.76. The Labute approximate surface area is 160 Å². The number of furan rings is 1. The van der Waals surface area contributed by atoms with E-state index in [2.05, 4.69) is 38.2 Å². The maximum atomic E-state index is 12.4. The van der Waals surface area contributed by atoms with Crippen molar-refractivity contribution in [1.29, 1.82) is 0 Å². The summed E-state index contributed by atoms with van der Waals surface area (Å²) >= 11 is 0. The maximum absolute atomic E-state index is 12.4. The topological polar surface area (TPSA) is 65.8 Å². The highest BCUT2D eigenvalue weighted by atomic mass is 16.3. The summed E-state index contributed by atoms with van der Waals surface area (Å²) in [6, 6.07) is 11.6. The second-order valence-electron chi connectivity index (χ2n) is 7.83. The van der Waals surface area contributed by atoms with E-state index < -0.39 is 0 Å². The van der Waals surface area contributed by atoms with Crippen molar-refractivity contribution in [3.63, 3.8) is 0 Å². The van der Waals surface area contributed by atoms with Gasteiger partial charge >= 0.3 is 0 Å². The van der Waals surface area contributed by atoms with Crippen LogP contribution in [0.15, 0.2) is 47.1 Å². The van der Waals surface area contributed by atoms with Crippen molar-refractivity contribution in [3.8, 4) is 0 Å². The standard InChI is InChI=1S/C21H27N3O3/c1-21(2,3)16-6-8-17(9-7-16)22-15-19(25)23-10-12-24(13-11-23)20(26)18-5-4-14-27-18/h4-9,14,22H,10-13,15H2,1-3H3. The normalized spacial score (nSPS) is 14.9. The minimum Gasteiger partial charge on any atom is -0.459 e. The first kappa shape index (κ1) is 19.0. The molecular weight excluding hydrogens is 342 g/mol. The fourth-order valence-corrected chi connectivity index (χ4v) is 3.09. The summed E-state index contributed by atoms with van der Waals surface area (Å²) in [5.74, 6) is 0.263. The van der Waals surface area contributed by atoms with Gasteiger partial charge in [0.2, 0.25) is 5.91 Å². The van der Waals surface area contributed by atoms with E-state index in [9.17, 15) is 9.59 Å². The maximum Gasteiger partial charge on any atom is 0.289 e. The molecule has 0 spiro atoms. The molecule has 0 aliphatic carbocycles. The van der Waals surface area contributed by atoms with Gasteiger partial charge < -0.3 is 19.5 Å². The number of carbonyl (C=O) groups is 2. The average molecular weight is 369 g/mol. The van der Waals surface area contributed by atoms with Crippen molar-refractivity contribution >= 4 is 17.5 Å². The lowest BCUT2D eigenvalue weighted by Crippen LogP contribution is -2.51. The third-order valence-corrected chi connectivity index (χ3v) is 4.85. The molecule has 0 atom stereocenters. The first-order valence-corrected chi connectivity index (χ1v) is 9.29. The Morgan fingerprint density at radius 1 is 1.00 bits per heavy atom. The van der Waals surface area contributed by atoms with Crippen LogP contribution in [0.1, 0.15) is 36.9 Å². The Morgan fingerprint density at radius 2 is 1.63 bits per heavy atom. The van der Waals surface area contributed by atoms with Crippen LogP contribution in [-0.2, 0) is 10.2 Å². The summed E-state index contributed by atoms with van der Waals surface area (Å²) in [4.78, 5) is 28.2. The molecule has 2 amide bonds. The van der Waals surface area contributed by atoms with E-state index in [1.165, 1.54) is 11.8 Å². The highest BCUT2D eigenvalue weighted by molar-refractivity contribution is 5.91. The van der Waals surface area contributed by atoms with Gasteiger partial charge in [-0.1, -0.05) is 32.9 Å². The van der Waals surface area contributed by atoms with Crippen molar-refractivity contribution in [1.82, 2.24) is 9.80 Å². The molecule has 0 saturated carbocycles. The van der Waals surface area contributed by atoms with Crippen molar-refractivity contribution < 1.29 is 14.0 Å². The van der Waals surface area contributed by atoms with Crippen molar-refractivity contribution in [2.45, 2.75) is 26.2 Å². The molecule has 1 aromatic heterocycles. The van der Waals surface area contributed by atoms with Crippen LogP contribution in [0.2, 0.25) is 0 Å². The van der Waals surface area contributed by atoms with Crippen LogP contribution in [-0.4, -0.2) is 54.3 Å². The zero-order valence-corrected chi connectivity index (χ0v) is 16.2. The van der Waals surface area contributed by atoms with Gasteiger partial charge in [-0.25, -0.2) is 0 Å². The van der Waals surface area contributed by atoms with Gasteiger partial charge in [-0.05, 0) is 35.2 Å². The minimum absolute atomic E-state index is 0.0417. The molecule has 1 N–H and O–H groups in total. The van der Waals surface area contributed by atoms with Crippen LogP contribution in [0.4, 0.5) is 5.69 Å². The third-order valence-electron chi connectivity index (χ3n) is 4.85. The molecule has 1 saturated heterocycles. The van der Waals surface area contributed by atoms with Gasteiger partial charge in [-0.3, -0.25) is 9.59 Å². The second kappa shape index (κ2) is 7.86. The fraction of sp³-hybridized carbons (Fsp3) is 0.429. The zero-order chi connectivity index (χ0) is 19.4. The van der Waals surface area contributed by atoms with Crippen LogP contribution in [0.25, 0.3) is 0 Å². The average Bonchev–Trinajstić information content (AvgIpc) is 3.20. The SMILES string of the molecule is CC(C)(C)c1ccc(NCC(=O)N2CCN(C(=O)c3ccco3)CC2)cc1. The summed E-state index contributed by atoms with van der Waals surface area (Å²) in [5, 5.41) is 3.19. The molecule has 2 aromatic rings. The molecule has 6 heteroatoms. The predicted molar refractivity (Wildman–Crippen MR) is 105 cm³/mol. The number of nitrogens with one attached hydrogen (secondary N) is 1. The Balaban J connectivity index is 1.46. The highest BCUT2D eigenvalue weighted by Crippen LogP contribution is 2.23. The van der Waals surface area contributed by atoms with Crippen LogP contribution >= 0.6 is 0 Å². The summed E-state index contributed by atoms with van der Waals surface area (Å²) in [6.07, 6.45) is 1.49. The van der Waals surface area contributed by atoms with Crippen LogP contribution < -0.4 is 5.32 Å². The number of rotatable bonds is 4. The first-order valence-electron chi connectivity index (χ1n) is 9.29. The van der Waals surface area contributed by atoms with E-state index in [1.54, 1.807) is 21.9 Å². The molecular formula is C21H27N3O3. The monoisotopic (exact) mass is 369 g/mol. The van der Waals surface area contributed by atoms with Gasteiger partial charge in [-0.2, -0.15) is 0 Å². The molecule has 0 bridgehead atoms. The van der Waals surface area contributed by atoms with Crippen LogP contribution in [0.5, 0.6) is 0 Å². The van der Waals surface area contributed by atoms with Gasteiger partial charge in [0.15, 0.2) is 5.76 Å². The molecule has 2 heterocycles. The van der Waals surface area contributed by atoms with E-state index in [0.29, 0.717) is 31.9 Å². The number of anilines is 1. The lowest BCUT2D eigenvalue weighted by Gasteiger charge is -2.34. The summed E-state index contributed by atoms with van der Waals surface area (Å²) in [7, 11) is 0. The first-order chi connectivity index (χ1) is 12.8. The van der Waals surface area contributed by atoms with Gasteiger partial charge in [-0.15, -0.1) is 0 Å². The number of nitrogens with zero attached hydrogens (tertiary/aromatic N) is 2. The van der Waals surface area contributed by atoms with Crippen LogP contribution in [0, 0.1) is 0 Å². The lowest BCUT2D eigenvalue weighted by atomic mass is 9.87. The second-order valence-corrected chi connectivity index (χ2v) is 7.83. The molecule has 0 unspecified atom stereocenters. The van der Waals surface area contributed by atoms with Gasteiger partial charge in [0.25, 0.3) is 5.91 Å². The summed E-state index contributed by atoms with van der Waals surface area (Å²) in [6.45, 7) is 8.89. The summed E-state index contributed by atoms with van der Waals surface area (Å²) < 4.78 is 5.16. The van der Waals surface area contributed by atoms with Gasteiger partial charge in [0.05, 0.1) is 12.8 Å². The predicted octanol–water partition coefficient (Wildman–Crippen LogP) is 2.97. The van der Waals surface area contributed by atoms with Crippen molar-refractivity contribution in [2.75, 3.05) is 38.0 Å². The molecule has 0 radical (unpaired) electrons. The quantitative estimate of drug-likeness (QED) is 0.900. The molecule has 6 nitrogen and oxygen atoms in total. The fourth-order valence-electron chi connectivity index (χ4n) is 3.09. The Kier molecular flexibility index (Phi) is 5.54. The Bertz CT molecular complexity index is 768. The Morgan fingerprint density at radius 3 is 2.19 bits per heavy atom. The van der Waals surface area contributed by atoms with Gasteiger partial charge in [0, 0.05) is 31.9 Å². The number of piperazine rings is 1. The largest absolute Gasteiger partial charge is 0.459 e. The number of hydrogen-bond acceptors (Lipinski definition) is 4. The van der Waals surface area contributed by atoms with E-state index in [1.807, 2.05) is 12.1 Å². The number of benzene rings is 1. The van der Waals surface area contributed by atoms with E-state index in [-0.39, 0.29) is 23.8 Å². The smallest absolute Gasteiger partial charge is 0.289 e. The molecule has 27 heavy (non-hydrogen) atoms. The molecule has 1 aromatic carbocycles. The molecule has 1 aliphatic heterocycles. The van der Waals surface area contributed by atoms with E-state index in [4.69, 9.17) is 4.42 Å². The number of carbonyl (C=O) groups excluding carboxylic acids is 2. The molecule has 1 fully saturated rings. The van der Waals surface area contributed by atoms with E-state index in [0.717, 1.165) is 5.69 Å². The number of hydrogen-bond donors (Lipinski definition) is 1. The molecule has 3 rings (SSSR count). The summed E-state index contributed by atoms with van der Waals surface area (Å²) in [5.41, 5.74) is 2.31. The van der Waals surface area contributed by atoms with Crippen LogP contribution in [0.3, 0.4) is 0 Å². The minimum atomic E-state index is -0.121. The third kappa shape index (κ3) is 4.70. The van der Waals surface area contributed by atoms with E-state index >= 15 is 0 Å².